The zero-order chi connectivity index (χ0) is 37.3. The van der Waals surface area contributed by atoms with Gasteiger partial charge in [-0.2, -0.15) is 14.8 Å². The smallest absolute Gasteiger partial charge is 0.320 e. The standard InChI is InChI=1S/C39H52N12O2/c1-26-12-10-11-21-49(26)38-45-44-34-18-15-27(25-50(34)38)53-31-17-16-30(28-13-8-9-14-29(28)31)41-37(52)43-35-24-32(39(2,3)4)46-51(35)33-19-20-40-36(42-33)48(7)23-22-47(5)6/h8-9,13-15,18-20,24-26,30-31H,10-12,16-17,21-23H2,1-7H3,(H2,41,43,52)/t26?,30-,31+/m0/s1. The van der Waals surface area contributed by atoms with E-state index in [1.165, 1.54) is 6.42 Å². The van der Waals surface area contributed by atoms with Crippen LogP contribution >= 0.6 is 0 Å². The Kier molecular flexibility index (Phi) is 10.2. The van der Waals surface area contributed by atoms with Gasteiger partial charge in [0.25, 0.3) is 0 Å². The zero-order valence-corrected chi connectivity index (χ0v) is 32.0. The minimum Gasteiger partial charge on any atom is -0.484 e. The van der Waals surface area contributed by atoms with Crippen molar-refractivity contribution in [3.8, 4) is 11.6 Å². The van der Waals surface area contributed by atoms with Crippen LogP contribution in [0.4, 0.5) is 22.5 Å². The molecule has 0 spiro atoms. The number of rotatable bonds is 10. The van der Waals surface area contributed by atoms with E-state index in [0.29, 0.717) is 30.0 Å². The first-order valence-electron chi connectivity index (χ1n) is 18.7. The molecule has 0 bridgehead atoms. The van der Waals surface area contributed by atoms with Crippen molar-refractivity contribution < 1.29 is 9.53 Å². The largest absolute Gasteiger partial charge is 0.484 e. The molecule has 1 saturated heterocycles. The Morgan fingerprint density at radius 2 is 1.79 bits per heavy atom. The number of anilines is 3. The second-order valence-electron chi connectivity index (χ2n) is 15.6. The number of hydrogen-bond acceptors (Lipinski definition) is 10. The fraction of sp³-hybridized carbons (Fsp3) is 0.487. The lowest BCUT2D eigenvalue weighted by atomic mass is 9.85. The van der Waals surface area contributed by atoms with Crippen LogP contribution in [0.2, 0.25) is 0 Å². The number of urea groups is 1. The van der Waals surface area contributed by atoms with Crippen molar-refractivity contribution in [3.05, 3.63) is 77.7 Å². The van der Waals surface area contributed by atoms with Gasteiger partial charge in [0.05, 0.1) is 17.9 Å². The number of aromatic nitrogens is 7. The van der Waals surface area contributed by atoms with Crippen LogP contribution in [-0.4, -0.2) is 92.1 Å². The van der Waals surface area contributed by atoms with Crippen molar-refractivity contribution >= 4 is 29.4 Å². The maximum absolute atomic E-state index is 13.8. The first-order valence-corrected chi connectivity index (χ1v) is 18.7. The lowest BCUT2D eigenvalue weighted by Gasteiger charge is -2.33. The van der Waals surface area contributed by atoms with Crippen LogP contribution in [0, 0.1) is 0 Å². The summed E-state index contributed by atoms with van der Waals surface area (Å²) in [6.07, 6.45) is 8.54. The minimum atomic E-state index is -0.319. The summed E-state index contributed by atoms with van der Waals surface area (Å²) >= 11 is 0. The lowest BCUT2D eigenvalue weighted by Crippen LogP contribution is -2.38. The van der Waals surface area contributed by atoms with E-state index in [4.69, 9.17) is 14.8 Å². The molecule has 2 amide bonds. The van der Waals surface area contributed by atoms with Crippen molar-refractivity contribution in [1.29, 1.82) is 0 Å². The molecule has 1 aromatic carbocycles. The van der Waals surface area contributed by atoms with E-state index in [0.717, 1.165) is 73.1 Å². The van der Waals surface area contributed by atoms with Gasteiger partial charge >= 0.3 is 6.03 Å². The third kappa shape index (κ3) is 7.92. The summed E-state index contributed by atoms with van der Waals surface area (Å²) in [4.78, 5) is 29.5. The van der Waals surface area contributed by atoms with Gasteiger partial charge in [-0.3, -0.25) is 9.72 Å². The maximum atomic E-state index is 13.8. The molecule has 3 atom stereocenters. The highest BCUT2D eigenvalue weighted by atomic mass is 16.5. The third-order valence-corrected chi connectivity index (χ3v) is 10.2. The van der Waals surface area contributed by atoms with Gasteiger partial charge in [0, 0.05) is 56.5 Å². The Morgan fingerprint density at radius 1 is 0.981 bits per heavy atom. The molecule has 2 N–H and O–H groups in total. The van der Waals surface area contributed by atoms with Crippen LogP contribution < -0.4 is 25.2 Å². The van der Waals surface area contributed by atoms with E-state index < -0.39 is 0 Å². The number of piperidine rings is 1. The van der Waals surface area contributed by atoms with Crippen LogP contribution in [0.5, 0.6) is 5.75 Å². The summed E-state index contributed by atoms with van der Waals surface area (Å²) in [5.74, 6) is 3.30. The highest BCUT2D eigenvalue weighted by Gasteiger charge is 2.31. The Bertz CT molecular complexity index is 2050. The quantitative estimate of drug-likeness (QED) is 0.173. The fourth-order valence-electron chi connectivity index (χ4n) is 7.12. The Balaban J connectivity index is 1.08. The molecule has 53 heavy (non-hydrogen) atoms. The fourth-order valence-corrected chi connectivity index (χ4v) is 7.12. The normalized spacial score (nSPS) is 18.9. The number of hydrogen-bond donors (Lipinski definition) is 2. The van der Waals surface area contributed by atoms with Gasteiger partial charge < -0.3 is 24.8 Å². The van der Waals surface area contributed by atoms with Crippen molar-refractivity contribution in [2.75, 3.05) is 55.9 Å². The van der Waals surface area contributed by atoms with Crippen LogP contribution in [0.25, 0.3) is 11.5 Å². The number of benzene rings is 1. The minimum absolute atomic E-state index is 0.169. The van der Waals surface area contributed by atoms with Crippen molar-refractivity contribution in [2.45, 2.75) is 83.4 Å². The number of amides is 2. The zero-order valence-electron chi connectivity index (χ0n) is 32.0. The molecule has 1 unspecified atom stereocenters. The Labute approximate surface area is 311 Å². The number of likely N-dealkylation sites (N-methyl/N-ethyl adjacent to an activating group) is 2. The molecule has 14 nitrogen and oxygen atoms in total. The summed E-state index contributed by atoms with van der Waals surface area (Å²) in [6, 6.07) is 15.7. The molecule has 14 heteroatoms. The average molecular weight is 721 g/mol. The van der Waals surface area contributed by atoms with Crippen molar-refractivity contribution in [1.82, 2.24) is 44.6 Å². The summed E-state index contributed by atoms with van der Waals surface area (Å²) in [6.45, 7) is 11.1. The van der Waals surface area contributed by atoms with Crippen LogP contribution in [-0.2, 0) is 5.41 Å². The number of ether oxygens (including phenoxy) is 1. The van der Waals surface area contributed by atoms with Crippen molar-refractivity contribution in [2.24, 2.45) is 0 Å². The van der Waals surface area contributed by atoms with Gasteiger partial charge in [-0.25, -0.2) is 9.78 Å². The molecule has 0 radical (unpaired) electrons. The van der Waals surface area contributed by atoms with Crippen molar-refractivity contribution in [3.63, 3.8) is 0 Å². The Morgan fingerprint density at radius 3 is 2.57 bits per heavy atom. The molecular weight excluding hydrogens is 669 g/mol. The molecule has 280 valence electrons. The predicted octanol–water partition coefficient (Wildman–Crippen LogP) is 6.16. The molecule has 5 aromatic rings. The van der Waals surface area contributed by atoms with Gasteiger partial charge in [0.1, 0.15) is 17.7 Å². The van der Waals surface area contributed by atoms with E-state index in [2.05, 4.69) is 75.4 Å². The van der Waals surface area contributed by atoms with Gasteiger partial charge in [-0.15, -0.1) is 10.2 Å². The lowest BCUT2D eigenvalue weighted by molar-refractivity contribution is 0.171. The number of fused-ring (bicyclic) bond motifs is 2. The number of pyridine rings is 1. The molecule has 7 rings (SSSR count). The predicted molar refractivity (Wildman–Crippen MR) is 207 cm³/mol. The van der Waals surface area contributed by atoms with E-state index in [1.807, 2.05) is 67.0 Å². The summed E-state index contributed by atoms with van der Waals surface area (Å²) in [5, 5.41) is 20.2. The first-order chi connectivity index (χ1) is 25.4. The molecule has 1 aliphatic heterocycles. The number of nitrogens with zero attached hydrogens (tertiary/aromatic N) is 10. The molecule has 2 aliphatic rings. The van der Waals surface area contributed by atoms with Gasteiger partial charge in [0.15, 0.2) is 11.5 Å². The first kappa shape index (κ1) is 36.1. The SMILES string of the molecule is CC1CCCCN1c1nnc2ccc(O[C@@H]3CC[C@H](NC(=O)Nc4cc(C(C)(C)C)nn4-c4ccnc(N(C)CCN(C)C)n4)c4ccccc43)cn12. The van der Waals surface area contributed by atoms with Gasteiger partial charge in [-0.05, 0) is 76.4 Å². The van der Waals surface area contributed by atoms with E-state index >= 15 is 0 Å². The molecule has 0 saturated carbocycles. The summed E-state index contributed by atoms with van der Waals surface area (Å²) < 4.78 is 10.4. The second kappa shape index (κ2) is 15.0. The monoisotopic (exact) mass is 720 g/mol. The molecule has 5 heterocycles. The van der Waals surface area contributed by atoms with Gasteiger partial charge in [0.2, 0.25) is 11.9 Å². The number of carbonyl (C=O) groups is 1. The molecular formula is C39H52N12O2. The Hall–Kier alpha value is -5.24. The topological polar surface area (TPSA) is 134 Å². The maximum Gasteiger partial charge on any atom is 0.320 e. The second-order valence-corrected chi connectivity index (χ2v) is 15.6. The number of nitrogens with one attached hydrogen (secondary N) is 2. The molecule has 1 fully saturated rings. The van der Waals surface area contributed by atoms with E-state index in [1.54, 1.807) is 16.9 Å². The van der Waals surface area contributed by atoms with Crippen LogP contribution in [0.15, 0.2) is 60.9 Å². The van der Waals surface area contributed by atoms with E-state index in [-0.39, 0.29) is 23.6 Å². The summed E-state index contributed by atoms with van der Waals surface area (Å²) in [5.41, 5.74) is 3.48. The number of carbonyl (C=O) groups excluding carboxylic acids is 1. The average Bonchev–Trinajstić information content (AvgIpc) is 3.76. The summed E-state index contributed by atoms with van der Waals surface area (Å²) in [7, 11) is 6.05. The molecule has 1 aliphatic carbocycles. The third-order valence-electron chi connectivity index (χ3n) is 10.2. The van der Waals surface area contributed by atoms with Crippen LogP contribution in [0.3, 0.4) is 0 Å². The highest BCUT2D eigenvalue weighted by molar-refractivity contribution is 5.89. The van der Waals surface area contributed by atoms with Gasteiger partial charge in [-0.1, -0.05) is 45.0 Å². The highest BCUT2D eigenvalue weighted by Crippen LogP contribution is 2.39. The van der Waals surface area contributed by atoms with Crippen LogP contribution in [0.1, 0.15) is 88.8 Å². The van der Waals surface area contributed by atoms with E-state index in [9.17, 15) is 4.79 Å². The molecule has 4 aromatic heterocycles.